The third-order valence-electron chi connectivity index (χ3n) is 10.9. The monoisotopic (exact) mass is 499 g/mol. The topological polar surface area (TPSA) is 124 Å². The molecule has 0 aliphatic heterocycles. The van der Waals surface area contributed by atoms with Crippen molar-refractivity contribution in [3.8, 4) is 0 Å². The van der Waals surface area contributed by atoms with E-state index in [0.717, 1.165) is 32.1 Å². The molecule has 1 amide bonds. The SMILES string of the molecule is C[C@H](CCC(=O)NCCS(=O)(=O)O)[C@H]1CC[C@H]2[C@@H]3C[C@H](O)[C@@H]4C[C@H](O)CC[C@]4(C)[C@H]3CC[C@@]12C. The number of aliphatic hydroxyl groups excluding tert-OH is 2. The van der Waals surface area contributed by atoms with E-state index in [0.29, 0.717) is 36.0 Å². The molecule has 4 aliphatic carbocycles. The minimum absolute atomic E-state index is 0.0581. The summed E-state index contributed by atoms with van der Waals surface area (Å²) in [5.41, 5.74) is 0.367. The standard InChI is InChI=1S/C26H45NO6S/c1-16(4-7-24(30)27-12-13-34(31,32)33)19-5-6-20-18-15-23(29)22-14-17(28)8-10-26(22,3)21(18)9-11-25(19,20)2/h16-23,28-29H,4-15H2,1-3H3,(H,27,30)(H,31,32,33)/t16-,17-,18+,19-,20+,21+,22+,23+,25+,26-/m1/s1. The van der Waals surface area contributed by atoms with Crippen LogP contribution in [0.25, 0.3) is 0 Å². The molecule has 0 spiro atoms. The van der Waals surface area contributed by atoms with E-state index in [-0.39, 0.29) is 41.4 Å². The highest BCUT2D eigenvalue weighted by molar-refractivity contribution is 7.85. The lowest BCUT2D eigenvalue weighted by Gasteiger charge is -2.62. The lowest BCUT2D eigenvalue weighted by molar-refractivity contribution is -0.172. The maximum atomic E-state index is 12.2. The molecule has 0 unspecified atom stereocenters. The lowest BCUT2D eigenvalue weighted by Crippen LogP contribution is -2.58. The van der Waals surface area contributed by atoms with Crippen molar-refractivity contribution in [2.75, 3.05) is 12.3 Å². The molecule has 8 heteroatoms. The van der Waals surface area contributed by atoms with Gasteiger partial charge in [-0.2, -0.15) is 8.42 Å². The average molecular weight is 500 g/mol. The van der Waals surface area contributed by atoms with Crippen molar-refractivity contribution >= 4 is 16.0 Å². The van der Waals surface area contributed by atoms with Gasteiger partial charge in [-0.05, 0) is 104 Å². The highest BCUT2D eigenvalue weighted by Crippen LogP contribution is 2.68. The molecule has 0 radical (unpaired) electrons. The quantitative estimate of drug-likeness (QED) is 0.398. The lowest BCUT2D eigenvalue weighted by atomic mass is 9.44. The van der Waals surface area contributed by atoms with E-state index in [1.807, 2.05) is 0 Å². The summed E-state index contributed by atoms with van der Waals surface area (Å²) >= 11 is 0. The largest absolute Gasteiger partial charge is 0.393 e. The van der Waals surface area contributed by atoms with Crippen LogP contribution in [0.2, 0.25) is 0 Å². The molecule has 10 atom stereocenters. The summed E-state index contributed by atoms with van der Waals surface area (Å²) in [5, 5.41) is 24.0. The van der Waals surface area contributed by atoms with Crippen molar-refractivity contribution in [3.63, 3.8) is 0 Å². The Morgan fingerprint density at radius 3 is 2.38 bits per heavy atom. The summed E-state index contributed by atoms with van der Waals surface area (Å²) in [5.74, 6) is 2.36. The molecule has 4 rings (SSSR count). The van der Waals surface area contributed by atoms with Gasteiger partial charge in [-0.1, -0.05) is 20.8 Å². The van der Waals surface area contributed by atoms with E-state index >= 15 is 0 Å². The van der Waals surface area contributed by atoms with Gasteiger partial charge in [-0.15, -0.1) is 0 Å². The normalized spacial score (nSPS) is 45.1. The van der Waals surface area contributed by atoms with Gasteiger partial charge in [-0.25, -0.2) is 0 Å². The van der Waals surface area contributed by atoms with Gasteiger partial charge in [0.2, 0.25) is 5.91 Å². The molecule has 0 bridgehead atoms. The summed E-state index contributed by atoms with van der Waals surface area (Å²) in [4.78, 5) is 12.2. The van der Waals surface area contributed by atoms with E-state index in [9.17, 15) is 23.4 Å². The first-order valence-corrected chi connectivity index (χ1v) is 15.0. The van der Waals surface area contributed by atoms with Crippen LogP contribution in [0.4, 0.5) is 0 Å². The first kappa shape index (κ1) is 26.4. The molecule has 196 valence electrons. The molecular weight excluding hydrogens is 454 g/mol. The van der Waals surface area contributed by atoms with Crippen molar-refractivity contribution in [3.05, 3.63) is 0 Å². The van der Waals surface area contributed by atoms with Crippen LogP contribution in [0.15, 0.2) is 0 Å². The molecule has 0 aromatic heterocycles. The van der Waals surface area contributed by atoms with Gasteiger partial charge in [0.1, 0.15) is 0 Å². The zero-order chi connectivity index (χ0) is 24.9. The number of hydrogen-bond donors (Lipinski definition) is 4. The van der Waals surface area contributed by atoms with Gasteiger partial charge in [0.25, 0.3) is 10.1 Å². The van der Waals surface area contributed by atoms with Gasteiger partial charge in [0.05, 0.1) is 18.0 Å². The molecule has 0 aromatic carbocycles. The van der Waals surface area contributed by atoms with Gasteiger partial charge < -0.3 is 15.5 Å². The number of carbonyl (C=O) groups excluding carboxylic acids is 1. The Morgan fingerprint density at radius 1 is 1.00 bits per heavy atom. The second kappa shape index (κ2) is 9.64. The van der Waals surface area contributed by atoms with Crippen LogP contribution >= 0.6 is 0 Å². The highest BCUT2D eigenvalue weighted by Gasteiger charge is 2.62. The second-order valence-electron chi connectivity index (χ2n) is 12.6. The molecule has 0 saturated heterocycles. The van der Waals surface area contributed by atoms with Crippen LogP contribution in [0.1, 0.15) is 85.0 Å². The molecule has 4 aliphatic rings. The van der Waals surface area contributed by atoms with Crippen molar-refractivity contribution in [1.82, 2.24) is 5.32 Å². The minimum atomic E-state index is -4.06. The number of hydrogen-bond acceptors (Lipinski definition) is 5. The van der Waals surface area contributed by atoms with E-state index in [1.165, 1.54) is 25.7 Å². The molecule has 34 heavy (non-hydrogen) atoms. The summed E-state index contributed by atoms with van der Waals surface area (Å²) in [6, 6.07) is 0. The predicted molar refractivity (Wildman–Crippen MR) is 130 cm³/mol. The van der Waals surface area contributed by atoms with Crippen LogP contribution < -0.4 is 5.32 Å². The zero-order valence-electron chi connectivity index (χ0n) is 21.1. The van der Waals surface area contributed by atoms with Crippen molar-refractivity contribution < 1.29 is 28.0 Å². The fraction of sp³-hybridized carbons (Fsp3) is 0.962. The first-order valence-electron chi connectivity index (χ1n) is 13.4. The van der Waals surface area contributed by atoms with Crippen LogP contribution in [-0.4, -0.2) is 53.6 Å². The number of rotatable bonds is 7. The number of nitrogens with one attached hydrogen (secondary N) is 1. The Labute approximate surface area is 205 Å². The molecule has 4 N–H and O–H groups in total. The molecular formula is C26H45NO6S. The molecule has 4 fully saturated rings. The second-order valence-corrected chi connectivity index (χ2v) is 14.2. The van der Waals surface area contributed by atoms with E-state index in [4.69, 9.17) is 4.55 Å². The maximum Gasteiger partial charge on any atom is 0.266 e. The van der Waals surface area contributed by atoms with E-state index in [2.05, 4.69) is 26.1 Å². The number of fused-ring (bicyclic) bond motifs is 5. The van der Waals surface area contributed by atoms with Crippen molar-refractivity contribution in [2.45, 2.75) is 97.2 Å². The van der Waals surface area contributed by atoms with Crippen LogP contribution in [-0.2, 0) is 14.9 Å². The predicted octanol–water partition coefficient (Wildman–Crippen LogP) is 3.40. The Kier molecular flexibility index (Phi) is 7.47. The fourth-order valence-electron chi connectivity index (χ4n) is 9.22. The molecule has 7 nitrogen and oxygen atoms in total. The van der Waals surface area contributed by atoms with Gasteiger partial charge >= 0.3 is 0 Å². The summed E-state index contributed by atoms with van der Waals surface area (Å²) in [7, 11) is -4.06. The Hall–Kier alpha value is -0.700. The Morgan fingerprint density at radius 2 is 1.68 bits per heavy atom. The van der Waals surface area contributed by atoms with E-state index < -0.39 is 15.9 Å². The average Bonchev–Trinajstić information content (AvgIpc) is 3.10. The Bertz CT molecular complexity index is 863. The van der Waals surface area contributed by atoms with Crippen LogP contribution in [0, 0.1) is 46.3 Å². The van der Waals surface area contributed by atoms with Crippen molar-refractivity contribution in [1.29, 1.82) is 0 Å². The molecule has 4 saturated carbocycles. The first-order chi connectivity index (χ1) is 15.8. The molecule has 0 aromatic rings. The van der Waals surface area contributed by atoms with Crippen LogP contribution in [0.5, 0.6) is 0 Å². The van der Waals surface area contributed by atoms with Gasteiger partial charge in [-0.3, -0.25) is 9.35 Å². The highest BCUT2D eigenvalue weighted by atomic mass is 32.2. The number of amides is 1. The summed E-state index contributed by atoms with van der Waals surface area (Å²) in [6.45, 7) is 7.05. The van der Waals surface area contributed by atoms with Crippen LogP contribution in [0.3, 0.4) is 0 Å². The smallest absolute Gasteiger partial charge is 0.266 e. The fourth-order valence-corrected chi connectivity index (χ4v) is 9.58. The summed E-state index contributed by atoms with van der Waals surface area (Å²) in [6.07, 6.45) is 8.84. The zero-order valence-corrected chi connectivity index (χ0v) is 21.9. The maximum absolute atomic E-state index is 12.2. The van der Waals surface area contributed by atoms with Crippen molar-refractivity contribution in [2.24, 2.45) is 46.3 Å². The summed E-state index contributed by atoms with van der Waals surface area (Å²) < 4.78 is 30.5. The third kappa shape index (κ3) is 4.94. The van der Waals surface area contributed by atoms with Gasteiger partial charge in [0.15, 0.2) is 0 Å². The van der Waals surface area contributed by atoms with E-state index in [1.54, 1.807) is 0 Å². The number of aliphatic hydroxyl groups is 2. The molecule has 0 heterocycles. The number of carbonyl (C=O) groups is 1. The van der Waals surface area contributed by atoms with Gasteiger partial charge in [0, 0.05) is 13.0 Å². The minimum Gasteiger partial charge on any atom is -0.393 e. The third-order valence-corrected chi connectivity index (χ3v) is 11.6. The Balaban J connectivity index is 1.38.